The summed E-state index contributed by atoms with van der Waals surface area (Å²) in [7, 11) is 0. The van der Waals surface area contributed by atoms with Gasteiger partial charge in [0.1, 0.15) is 47.5 Å². The van der Waals surface area contributed by atoms with Crippen molar-refractivity contribution in [3.8, 4) is 23.0 Å². The number of alkyl carbamates (subject to hydrolysis) is 1. The van der Waals surface area contributed by atoms with E-state index in [1.54, 1.807) is 11.8 Å². The molecule has 10 rings (SSSR count). The number of nitrogens with one attached hydrogen (secondary N) is 1. The van der Waals surface area contributed by atoms with Crippen molar-refractivity contribution in [1.82, 2.24) is 30.1 Å². The Bertz CT molecular complexity index is 2330. The van der Waals surface area contributed by atoms with Crippen LogP contribution in [0.4, 0.5) is 41.7 Å². The molecule has 4 saturated heterocycles. The van der Waals surface area contributed by atoms with Crippen LogP contribution in [0.25, 0.3) is 32.9 Å². The number of amides is 2. The summed E-state index contributed by atoms with van der Waals surface area (Å²) in [5, 5.41) is 3.46. The number of benzene rings is 2. The Morgan fingerprint density at radius 1 is 1.02 bits per heavy atom. The summed E-state index contributed by atoms with van der Waals surface area (Å²) in [4.78, 5) is 44.9. The van der Waals surface area contributed by atoms with Crippen molar-refractivity contribution < 1.29 is 50.1 Å². The number of nitrogens with zero attached hydrogens (tertiary/aromatic N) is 6. The van der Waals surface area contributed by atoms with Crippen LogP contribution in [0.15, 0.2) is 30.5 Å². The molecule has 1 N–H and O–H groups in total. The van der Waals surface area contributed by atoms with Crippen LogP contribution in [-0.2, 0) is 11.2 Å². The predicted octanol–water partition coefficient (Wildman–Crippen LogP) is 7.29. The van der Waals surface area contributed by atoms with Crippen LogP contribution in [-0.4, -0.2) is 119 Å². The average molecular weight is 828 g/mol. The van der Waals surface area contributed by atoms with E-state index in [1.165, 1.54) is 30.5 Å². The molecule has 0 aliphatic carbocycles. The van der Waals surface area contributed by atoms with Gasteiger partial charge in [-0.1, -0.05) is 6.07 Å². The number of fused-ring (bicyclic) bond motifs is 7. The standard InChI is InChI=1S/C41H43F6N7O5/c1-39-16-24(42)19-53(21-39)35-29-18-48-33(32(45)34(29)49-36(50-35)58-22-40-7-3-10-54(40)20-25(43)17-40)28-15-26(59-38(56)52-11-8-41(46,47)9-12-52)14-23-5-6-30(44)27(31(23)28)4-2-13-57-37(55)51-39/h5-6,14-15,18,24-25H,2-4,7-13,16-17,19-22H2,1H3,(H,51,55)/t24-,25-,39-,40+/m1/s1. The minimum Gasteiger partial charge on any atom is -0.461 e. The molecule has 18 heteroatoms. The van der Waals surface area contributed by atoms with E-state index >= 15 is 13.2 Å². The van der Waals surface area contributed by atoms with Crippen molar-refractivity contribution in [2.24, 2.45) is 0 Å². The quantitative estimate of drug-likeness (QED) is 0.210. The topological polar surface area (TPSA) is 122 Å². The molecule has 2 aromatic heterocycles. The molecule has 0 saturated carbocycles. The number of pyridine rings is 1. The van der Waals surface area contributed by atoms with Gasteiger partial charge in [-0.25, -0.2) is 35.9 Å². The summed E-state index contributed by atoms with van der Waals surface area (Å²) in [6, 6.07) is 5.21. The highest BCUT2D eigenvalue weighted by Gasteiger charge is 2.49. The molecule has 314 valence electrons. The molecule has 0 unspecified atom stereocenters. The SMILES string of the molecule is C[C@@]12C[C@@H](F)CN(C1)c1nc(OC[C@@]34CCCN3C[C@H](F)C4)nc3c(F)c(ncc13)-c1cc(OC(=O)N3CCC(F)(F)CC3)cc3ccc(F)c(c13)CCCOC(=O)N2. The molecule has 0 spiro atoms. The Morgan fingerprint density at radius 2 is 1.81 bits per heavy atom. The maximum absolute atomic E-state index is 17.5. The largest absolute Gasteiger partial charge is 0.461 e. The number of aryl methyl sites for hydroxylation is 1. The van der Waals surface area contributed by atoms with Crippen molar-refractivity contribution >= 4 is 39.7 Å². The van der Waals surface area contributed by atoms with Gasteiger partial charge in [0, 0.05) is 63.6 Å². The third-order valence-electron chi connectivity index (χ3n) is 12.4. The summed E-state index contributed by atoms with van der Waals surface area (Å²) < 4.78 is 109. The Labute approximate surface area is 335 Å². The van der Waals surface area contributed by atoms with Gasteiger partial charge in [-0.3, -0.25) is 9.88 Å². The van der Waals surface area contributed by atoms with Crippen LogP contribution < -0.4 is 19.7 Å². The summed E-state index contributed by atoms with van der Waals surface area (Å²) >= 11 is 0. The number of anilines is 1. The maximum Gasteiger partial charge on any atom is 0.415 e. The van der Waals surface area contributed by atoms with Crippen LogP contribution in [0, 0.1) is 11.6 Å². The number of alkyl halides is 4. The zero-order valence-electron chi connectivity index (χ0n) is 32.3. The van der Waals surface area contributed by atoms with Gasteiger partial charge in [0.05, 0.1) is 29.6 Å². The number of likely N-dealkylation sites (tertiary alicyclic amines) is 1. The third-order valence-corrected chi connectivity index (χ3v) is 12.4. The third kappa shape index (κ3) is 7.52. The van der Waals surface area contributed by atoms with E-state index in [0.717, 1.165) is 11.3 Å². The molecule has 12 nitrogen and oxygen atoms in total. The maximum atomic E-state index is 17.5. The van der Waals surface area contributed by atoms with Crippen molar-refractivity contribution in [3.05, 3.63) is 47.7 Å². The second-order valence-electron chi connectivity index (χ2n) is 16.8. The second kappa shape index (κ2) is 14.9. The van der Waals surface area contributed by atoms with Gasteiger partial charge in [0.25, 0.3) is 5.92 Å². The highest BCUT2D eigenvalue weighted by atomic mass is 19.3. The van der Waals surface area contributed by atoms with Crippen molar-refractivity contribution in [1.29, 1.82) is 0 Å². The van der Waals surface area contributed by atoms with Crippen LogP contribution in [0.2, 0.25) is 0 Å². The molecule has 8 heterocycles. The molecule has 4 aromatic rings. The van der Waals surface area contributed by atoms with Crippen LogP contribution in [0.5, 0.6) is 11.8 Å². The van der Waals surface area contributed by atoms with Gasteiger partial charge in [-0.05, 0) is 73.7 Å². The number of halogens is 6. The van der Waals surface area contributed by atoms with Gasteiger partial charge in [0.2, 0.25) is 0 Å². The summed E-state index contributed by atoms with van der Waals surface area (Å²) in [5.41, 5.74) is -2.13. The second-order valence-corrected chi connectivity index (χ2v) is 16.8. The fourth-order valence-electron chi connectivity index (χ4n) is 9.61. The molecular formula is C41H43F6N7O5. The number of rotatable bonds is 4. The van der Waals surface area contributed by atoms with Gasteiger partial charge in [-0.2, -0.15) is 9.97 Å². The number of hydrogen-bond acceptors (Lipinski definition) is 10. The molecule has 4 atom stereocenters. The lowest BCUT2D eigenvalue weighted by Gasteiger charge is -2.42. The van der Waals surface area contributed by atoms with E-state index in [9.17, 15) is 22.8 Å². The zero-order valence-corrected chi connectivity index (χ0v) is 32.3. The molecule has 6 bridgehead atoms. The van der Waals surface area contributed by atoms with E-state index in [1.807, 2.05) is 4.90 Å². The molecule has 0 radical (unpaired) electrons. The first-order chi connectivity index (χ1) is 28.2. The Morgan fingerprint density at radius 3 is 2.63 bits per heavy atom. The van der Waals surface area contributed by atoms with Gasteiger partial charge >= 0.3 is 18.2 Å². The first-order valence-electron chi connectivity index (χ1n) is 20.0. The fourth-order valence-corrected chi connectivity index (χ4v) is 9.61. The van der Waals surface area contributed by atoms with Gasteiger partial charge in [-0.15, -0.1) is 0 Å². The molecule has 59 heavy (non-hydrogen) atoms. The molecule has 2 aromatic carbocycles. The fraction of sp³-hybridized carbons (Fsp3) is 0.537. The molecular weight excluding hydrogens is 784 g/mol. The number of ether oxygens (including phenoxy) is 3. The molecule has 2 amide bonds. The van der Waals surface area contributed by atoms with E-state index in [4.69, 9.17) is 14.2 Å². The average Bonchev–Trinajstić information content (AvgIpc) is 3.71. The normalized spacial score (nSPS) is 27.1. The highest BCUT2D eigenvalue weighted by Crippen LogP contribution is 2.43. The molecule has 6 aliphatic heterocycles. The molecule has 6 aliphatic rings. The van der Waals surface area contributed by atoms with Gasteiger partial charge in [0.15, 0.2) is 5.82 Å². The Kier molecular flexibility index (Phi) is 9.90. The van der Waals surface area contributed by atoms with Crippen LogP contribution in [0.3, 0.4) is 0 Å². The lowest BCUT2D eigenvalue weighted by Crippen LogP contribution is -2.60. The zero-order chi connectivity index (χ0) is 41.3. The Balaban J connectivity index is 1.20. The molecule has 4 fully saturated rings. The summed E-state index contributed by atoms with van der Waals surface area (Å²) in [6.45, 7) is 1.93. The van der Waals surface area contributed by atoms with Crippen LogP contribution >= 0.6 is 0 Å². The van der Waals surface area contributed by atoms with Crippen molar-refractivity contribution in [3.63, 3.8) is 0 Å². The lowest BCUT2D eigenvalue weighted by atomic mass is 9.90. The van der Waals surface area contributed by atoms with Crippen molar-refractivity contribution in [2.45, 2.75) is 87.6 Å². The number of carbonyl (C=O) groups is 2. The van der Waals surface area contributed by atoms with E-state index in [-0.39, 0.29) is 122 Å². The number of piperidine rings is 2. The number of carbonyl (C=O) groups excluding carboxylic acids is 2. The highest BCUT2D eigenvalue weighted by molar-refractivity contribution is 6.02. The lowest BCUT2D eigenvalue weighted by molar-refractivity contribution is -0.0497. The van der Waals surface area contributed by atoms with E-state index < -0.39 is 66.0 Å². The summed E-state index contributed by atoms with van der Waals surface area (Å²) in [6.07, 6.45) is -2.00. The number of hydrogen-bond donors (Lipinski definition) is 1. The van der Waals surface area contributed by atoms with Gasteiger partial charge < -0.3 is 29.3 Å². The first-order valence-corrected chi connectivity index (χ1v) is 20.0. The van der Waals surface area contributed by atoms with E-state index in [0.29, 0.717) is 18.4 Å². The first kappa shape index (κ1) is 39.3. The van der Waals surface area contributed by atoms with Crippen molar-refractivity contribution in [2.75, 3.05) is 57.4 Å². The smallest absolute Gasteiger partial charge is 0.415 e. The minimum atomic E-state index is -2.90. The minimum absolute atomic E-state index is 0.0180. The number of aromatic nitrogens is 3. The van der Waals surface area contributed by atoms with E-state index in [2.05, 4.69) is 20.3 Å². The summed E-state index contributed by atoms with van der Waals surface area (Å²) in [5.74, 6) is -4.49. The Hall–Kier alpha value is -5.13. The monoisotopic (exact) mass is 827 g/mol. The van der Waals surface area contributed by atoms with Crippen LogP contribution in [0.1, 0.15) is 57.4 Å². The predicted molar refractivity (Wildman–Crippen MR) is 203 cm³/mol.